The molecule has 0 aromatic heterocycles. The van der Waals surface area contributed by atoms with Crippen molar-refractivity contribution in [3.8, 4) is 95.0 Å². The number of rotatable bonds is 6. The van der Waals surface area contributed by atoms with Gasteiger partial charge in [-0.1, -0.05) is 60.1 Å². The van der Waals surface area contributed by atoms with Crippen molar-refractivity contribution in [2.24, 2.45) is 0 Å². The highest BCUT2D eigenvalue weighted by Gasteiger charge is 2.49. The lowest BCUT2D eigenvalue weighted by Crippen LogP contribution is -2.31. The lowest BCUT2D eigenvalue weighted by atomic mass is 9.65. The van der Waals surface area contributed by atoms with Crippen molar-refractivity contribution in [1.82, 2.24) is 0 Å². The predicted molar refractivity (Wildman–Crippen MR) is 201 cm³/mol. The molecule has 6 aromatic carbocycles. The van der Waals surface area contributed by atoms with Crippen molar-refractivity contribution < 1.29 is 19.7 Å². The van der Waals surface area contributed by atoms with Gasteiger partial charge in [0.25, 0.3) is 0 Å². The summed E-state index contributed by atoms with van der Waals surface area (Å²) < 4.78 is 12.2. The molecule has 1 aliphatic rings. The summed E-state index contributed by atoms with van der Waals surface area (Å²) in [6.45, 7) is 0. The Balaban J connectivity index is 1.49. The zero-order valence-electron chi connectivity index (χ0n) is 27.1. The minimum absolute atomic E-state index is 0.0341. The summed E-state index contributed by atoms with van der Waals surface area (Å²) in [6, 6.07) is 32.1. The van der Waals surface area contributed by atoms with E-state index < -0.39 is 5.41 Å². The largest absolute Gasteiger partial charge is 0.506 e. The van der Waals surface area contributed by atoms with Gasteiger partial charge in [0, 0.05) is 34.4 Å². The van der Waals surface area contributed by atoms with Gasteiger partial charge in [0.1, 0.15) is 34.5 Å². The number of nitrogens with two attached hydrogens (primary N) is 2. The van der Waals surface area contributed by atoms with Gasteiger partial charge < -0.3 is 31.2 Å². The number of anilines is 2. The van der Waals surface area contributed by atoms with Crippen LogP contribution in [0, 0.1) is 49.4 Å². The minimum atomic E-state index is -1.10. The summed E-state index contributed by atoms with van der Waals surface area (Å²) in [4.78, 5) is 0. The summed E-state index contributed by atoms with van der Waals surface area (Å²) in [5.41, 5.74) is 18.3. The second-order valence-corrected chi connectivity index (χ2v) is 11.8. The molecular formula is C45H28N2O4. The molecule has 6 nitrogen and oxygen atoms in total. The van der Waals surface area contributed by atoms with E-state index in [1.54, 1.807) is 24.3 Å². The maximum Gasteiger partial charge on any atom is 0.138 e. The van der Waals surface area contributed by atoms with Crippen LogP contribution in [-0.4, -0.2) is 10.2 Å². The quantitative estimate of drug-likeness (QED) is 0.0815. The second-order valence-electron chi connectivity index (χ2n) is 11.8. The van der Waals surface area contributed by atoms with Gasteiger partial charge in [-0.15, -0.1) is 25.7 Å². The molecule has 0 saturated heterocycles. The fraction of sp³-hybridized carbons (Fsp3) is 0.0222. The fourth-order valence-electron chi connectivity index (χ4n) is 6.85. The van der Waals surface area contributed by atoms with Gasteiger partial charge in [-0.25, -0.2) is 0 Å². The van der Waals surface area contributed by atoms with E-state index in [4.69, 9.17) is 46.6 Å². The van der Waals surface area contributed by atoms with Gasteiger partial charge in [-0.3, -0.25) is 0 Å². The lowest BCUT2D eigenvalue weighted by molar-refractivity contribution is 0.466. The number of phenolic OH excluding ortho intramolecular Hbond substituents is 2. The van der Waals surface area contributed by atoms with Gasteiger partial charge in [0.15, 0.2) is 0 Å². The van der Waals surface area contributed by atoms with E-state index in [2.05, 4.69) is 23.7 Å². The van der Waals surface area contributed by atoms with Crippen LogP contribution in [0.3, 0.4) is 0 Å². The Kier molecular flexibility index (Phi) is 7.78. The number of fused-ring (bicyclic) bond motifs is 3. The number of benzene rings is 6. The summed E-state index contributed by atoms with van der Waals surface area (Å²) >= 11 is 0. The summed E-state index contributed by atoms with van der Waals surface area (Å²) in [5, 5.41) is 19.8. The van der Waals surface area contributed by atoms with Gasteiger partial charge in [0.2, 0.25) is 0 Å². The van der Waals surface area contributed by atoms with E-state index in [0.717, 1.165) is 33.4 Å². The average Bonchev–Trinajstić information content (AvgIpc) is 3.45. The van der Waals surface area contributed by atoms with Crippen LogP contribution in [0.2, 0.25) is 0 Å². The molecule has 7 rings (SSSR count). The van der Waals surface area contributed by atoms with Crippen molar-refractivity contribution in [2.75, 3.05) is 11.5 Å². The smallest absolute Gasteiger partial charge is 0.138 e. The molecular weight excluding hydrogens is 633 g/mol. The van der Waals surface area contributed by atoms with Gasteiger partial charge in [-0.2, -0.15) is 0 Å². The molecule has 6 heteroatoms. The van der Waals surface area contributed by atoms with E-state index in [1.807, 2.05) is 72.8 Å². The molecule has 0 saturated carbocycles. The molecule has 51 heavy (non-hydrogen) atoms. The molecule has 6 aromatic rings. The Hall–Kier alpha value is -7.64. The Morgan fingerprint density at radius 2 is 0.843 bits per heavy atom. The Labute approximate surface area is 295 Å². The van der Waals surface area contributed by atoms with E-state index in [1.165, 1.54) is 12.1 Å². The number of terminal acetylenes is 4. The first kappa shape index (κ1) is 31.9. The molecule has 0 unspecified atom stereocenters. The number of hydrogen-bond donors (Lipinski definition) is 4. The monoisotopic (exact) mass is 660 g/mol. The van der Waals surface area contributed by atoms with Crippen molar-refractivity contribution in [3.05, 3.63) is 154 Å². The van der Waals surface area contributed by atoms with Crippen molar-refractivity contribution in [1.29, 1.82) is 0 Å². The van der Waals surface area contributed by atoms with Crippen LogP contribution in [-0.2, 0) is 5.41 Å². The van der Waals surface area contributed by atoms with Crippen molar-refractivity contribution >= 4 is 11.4 Å². The molecule has 0 bridgehead atoms. The number of hydrogen-bond acceptors (Lipinski definition) is 6. The van der Waals surface area contributed by atoms with E-state index in [9.17, 15) is 10.2 Å². The molecule has 0 amide bonds. The maximum atomic E-state index is 9.88. The molecule has 1 aliphatic carbocycles. The topological polar surface area (TPSA) is 111 Å². The summed E-state index contributed by atoms with van der Waals surface area (Å²) in [6.07, 6.45) is 24.6. The van der Waals surface area contributed by atoms with Crippen LogP contribution in [0.15, 0.2) is 109 Å². The fourth-order valence-corrected chi connectivity index (χ4v) is 6.85. The third-order valence-electron chi connectivity index (χ3n) is 9.09. The van der Waals surface area contributed by atoms with Gasteiger partial charge >= 0.3 is 0 Å². The van der Waals surface area contributed by atoms with Crippen LogP contribution < -0.4 is 20.9 Å². The van der Waals surface area contributed by atoms with E-state index >= 15 is 0 Å². The number of phenols is 2. The molecule has 0 fully saturated rings. The highest BCUT2D eigenvalue weighted by atomic mass is 16.5. The number of aromatic hydroxyl groups is 2. The van der Waals surface area contributed by atoms with Crippen LogP contribution in [0.1, 0.15) is 44.5 Å². The highest BCUT2D eigenvalue weighted by molar-refractivity contribution is 5.92. The van der Waals surface area contributed by atoms with Gasteiger partial charge in [0.05, 0.1) is 16.8 Å². The zero-order valence-corrected chi connectivity index (χ0v) is 27.1. The molecule has 0 heterocycles. The Morgan fingerprint density at radius 1 is 0.471 bits per heavy atom. The third kappa shape index (κ3) is 5.10. The van der Waals surface area contributed by atoms with Gasteiger partial charge in [-0.05, 0) is 94.0 Å². The number of nitrogen functional groups attached to an aromatic ring is 2. The summed E-state index contributed by atoms with van der Waals surface area (Å²) in [5.74, 6) is 13.2. The first-order valence-electron chi connectivity index (χ1n) is 15.7. The molecule has 0 radical (unpaired) electrons. The standard InChI is InChI=1S/C45H28N2O4/c1-5-27-9-21-37-38-22-10-28(6-2)36(8-4)44(38)45(43(37)35(27)7-3,29-11-15-31(16-12-29)50-33-19-23-41(48)39(46)25-33)30-13-17-32(18-14-30)51-34-20-24-42(49)40(47)26-34/h1-4,9-26,48-49H,46-47H2. The minimum Gasteiger partial charge on any atom is -0.506 e. The van der Waals surface area contributed by atoms with Crippen molar-refractivity contribution in [2.45, 2.75) is 5.41 Å². The maximum absolute atomic E-state index is 9.88. The van der Waals surface area contributed by atoms with Crippen LogP contribution >= 0.6 is 0 Å². The first-order valence-corrected chi connectivity index (χ1v) is 15.7. The highest BCUT2D eigenvalue weighted by Crippen LogP contribution is 2.59. The molecule has 0 aliphatic heterocycles. The SMILES string of the molecule is C#Cc1ccc2c(c1C#C)C(c1ccc(Oc3ccc(O)c(N)c3)cc1)(c1ccc(Oc3ccc(O)c(N)c3)cc1)c1c-2ccc(C#C)c1C#C. The lowest BCUT2D eigenvalue weighted by Gasteiger charge is -2.36. The van der Waals surface area contributed by atoms with E-state index in [-0.39, 0.29) is 22.9 Å². The molecule has 0 spiro atoms. The normalized spacial score (nSPS) is 11.9. The summed E-state index contributed by atoms with van der Waals surface area (Å²) in [7, 11) is 0. The average molecular weight is 661 g/mol. The van der Waals surface area contributed by atoms with Crippen LogP contribution in [0.25, 0.3) is 11.1 Å². The van der Waals surface area contributed by atoms with E-state index in [0.29, 0.717) is 45.3 Å². The molecule has 0 atom stereocenters. The second kappa shape index (κ2) is 12.4. The molecule has 6 N–H and O–H groups in total. The molecule has 242 valence electrons. The van der Waals surface area contributed by atoms with Crippen LogP contribution in [0.5, 0.6) is 34.5 Å². The third-order valence-corrected chi connectivity index (χ3v) is 9.09. The van der Waals surface area contributed by atoms with Crippen molar-refractivity contribution in [3.63, 3.8) is 0 Å². The Bertz CT molecular complexity index is 2380. The predicted octanol–water partition coefficient (Wildman–Crippen LogP) is 8.14. The zero-order chi connectivity index (χ0) is 35.9. The van der Waals surface area contributed by atoms with Crippen LogP contribution in [0.4, 0.5) is 11.4 Å². The first-order chi connectivity index (χ1) is 24.7. The Morgan fingerprint density at radius 3 is 1.18 bits per heavy atom. The number of ether oxygens (including phenoxy) is 2.